The highest BCUT2D eigenvalue weighted by atomic mass is 16.5. The van der Waals surface area contributed by atoms with Crippen LogP contribution < -0.4 is 4.74 Å². The average Bonchev–Trinajstić information content (AvgIpc) is 2.79. The molecule has 30 heavy (non-hydrogen) atoms. The number of nitrogens with zero attached hydrogens (tertiary/aromatic N) is 3. The predicted molar refractivity (Wildman–Crippen MR) is 117 cm³/mol. The first-order valence-corrected chi connectivity index (χ1v) is 10.0. The highest BCUT2D eigenvalue weighted by Gasteiger charge is 2.42. The van der Waals surface area contributed by atoms with Crippen molar-refractivity contribution in [1.29, 1.82) is 5.26 Å². The van der Waals surface area contributed by atoms with E-state index in [9.17, 15) is 5.26 Å². The lowest BCUT2D eigenvalue weighted by molar-refractivity contribution is 0.0558. The van der Waals surface area contributed by atoms with Gasteiger partial charge in [-0.25, -0.2) is 4.85 Å². The SMILES string of the molecule is [C-]#[N+]c1cccc(-c2ccc3c(c2)/C(=N/C#N)CC2(CCc4ccccc4C2)O3)c1. The standard InChI is InChI=1S/C26H19N3O/c1-28-22-8-4-7-19(13-22)20-9-10-25-23(14-20)24(29-17-27)16-26(30-25)12-11-18-5-2-3-6-21(18)15-26/h2-10,13-14H,11-12,15-16H2/b29-24+. The fraction of sp³-hybridized carbons (Fsp3) is 0.192. The van der Waals surface area contributed by atoms with E-state index in [0.29, 0.717) is 12.1 Å². The van der Waals surface area contributed by atoms with E-state index in [0.717, 1.165) is 47.4 Å². The number of aliphatic imine (C=N–C) groups is 1. The Morgan fingerprint density at radius 3 is 2.63 bits per heavy atom. The number of ether oxygens (including phenoxy) is 1. The smallest absolute Gasteiger partial charge is 0.205 e. The second-order valence-corrected chi connectivity index (χ2v) is 7.94. The molecule has 3 aromatic carbocycles. The molecule has 2 aliphatic rings. The van der Waals surface area contributed by atoms with Crippen molar-refractivity contribution in [2.45, 2.75) is 31.3 Å². The van der Waals surface area contributed by atoms with E-state index < -0.39 is 0 Å². The van der Waals surface area contributed by atoms with Crippen LogP contribution >= 0.6 is 0 Å². The molecule has 3 aromatic rings. The van der Waals surface area contributed by atoms with Gasteiger partial charge in [-0.15, -0.1) is 0 Å². The van der Waals surface area contributed by atoms with Gasteiger partial charge in [0.05, 0.1) is 12.3 Å². The third-order valence-corrected chi connectivity index (χ3v) is 6.08. The Kier molecular flexibility index (Phi) is 4.34. The Balaban J connectivity index is 1.55. The highest BCUT2D eigenvalue weighted by molar-refractivity contribution is 6.06. The van der Waals surface area contributed by atoms with Crippen molar-refractivity contribution in [3.63, 3.8) is 0 Å². The first-order chi connectivity index (χ1) is 14.7. The van der Waals surface area contributed by atoms with Crippen LogP contribution in [0, 0.1) is 18.0 Å². The summed E-state index contributed by atoms with van der Waals surface area (Å²) in [7, 11) is 0. The summed E-state index contributed by atoms with van der Waals surface area (Å²) in [5, 5.41) is 9.33. The van der Waals surface area contributed by atoms with E-state index in [2.05, 4.69) is 34.1 Å². The quantitative estimate of drug-likeness (QED) is 0.385. The second-order valence-electron chi connectivity index (χ2n) is 7.94. The molecule has 4 heteroatoms. The van der Waals surface area contributed by atoms with E-state index in [1.807, 2.05) is 42.6 Å². The molecule has 0 bridgehead atoms. The maximum atomic E-state index is 9.33. The van der Waals surface area contributed by atoms with Crippen molar-refractivity contribution in [3.05, 3.63) is 94.8 Å². The number of hydrogen-bond acceptors (Lipinski definition) is 3. The summed E-state index contributed by atoms with van der Waals surface area (Å²) < 4.78 is 6.59. The Morgan fingerprint density at radius 1 is 0.967 bits per heavy atom. The Hall–Kier alpha value is -3.89. The molecule has 1 aliphatic carbocycles. The van der Waals surface area contributed by atoms with Gasteiger partial charge in [0, 0.05) is 18.4 Å². The van der Waals surface area contributed by atoms with Crippen molar-refractivity contribution in [3.8, 4) is 23.1 Å². The molecule has 0 fully saturated rings. The molecular weight excluding hydrogens is 370 g/mol. The van der Waals surface area contributed by atoms with Crippen LogP contribution in [0.1, 0.15) is 29.5 Å². The molecule has 0 aromatic heterocycles. The maximum Gasteiger partial charge on any atom is 0.205 e. The molecule has 0 N–H and O–H groups in total. The number of nitriles is 1. The third kappa shape index (κ3) is 3.13. The van der Waals surface area contributed by atoms with Crippen LogP contribution in [0.25, 0.3) is 16.0 Å². The first kappa shape index (κ1) is 18.2. The van der Waals surface area contributed by atoms with E-state index >= 15 is 0 Å². The molecule has 1 heterocycles. The van der Waals surface area contributed by atoms with Gasteiger partial charge in [0.15, 0.2) is 5.69 Å². The minimum absolute atomic E-state index is 0.359. The van der Waals surface area contributed by atoms with Gasteiger partial charge in [0.25, 0.3) is 0 Å². The van der Waals surface area contributed by atoms with Gasteiger partial charge in [0.2, 0.25) is 6.19 Å². The summed E-state index contributed by atoms with van der Waals surface area (Å²) in [6.45, 7) is 7.25. The van der Waals surface area contributed by atoms with Crippen molar-refractivity contribution in [2.24, 2.45) is 4.99 Å². The van der Waals surface area contributed by atoms with Gasteiger partial charge in [-0.2, -0.15) is 10.3 Å². The van der Waals surface area contributed by atoms with Crippen LogP contribution in [0.3, 0.4) is 0 Å². The van der Waals surface area contributed by atoms with Crippen LogP contribution in [-0.2, 0) is 12.8 Å². The van der Waals surface area contributed by atoms with E-state index in [1.165, 1.54) is 11.1 Å². The predicted octanol–water partition coefficient (Wildman–Crippen LogP) is 5.88. The Labute approximate surface area is 175 Å². The summed E-state index contributed by atoms with van der Waals surface area (Å²) in [5.74, 6) is 0.778. The topological polar surface area (TPSA) is 49.7 Å². The van der Waals surface area contributed by atoms with Gasteiger partial charge in [-0.05, 0) is 53.3 Å². The zero-order valence-electron chi connectivity index (χ0n) is 16.4. The van der Waals surface area contributed by atoms with Crippen molar-refractivity contribution >= 4 is 11.4 Å². The van der Waals surface area contributed by atoms with Gasteiger partial charge in [-0.1, -0.05) is 48.5 Å². The average molecular weight is 389 g/mol. The van der Waals surface area contributed by atoms with Crippen LogP contribution in [0.2, 0.25) is 0 Å². The first-order valence-electron chi connectivity index (χ1n) is 10.0. The molecular formula is C26H19N3O. The lowest BCUT2D eigenvalue weighted by atomic mass is 9.75. The van der Waals surface area contributed by atoms with Gasteiger partial charge in [0.1, 0.15) is 11.4 Å². The molecule has 1 unspecified atom stereocenters. The molecule has 1 atom stereocenters. The van der Waals surface area contributed by atoms with Crippen LogP contribution in [0.4, 0.5) is 5.69 Å². The summed E-state index contributed by atoms with van der Waals surface area (Å²) in [4.78, 5) is 7.72. The molecule has 0 saturated heterocycles. The molecule has 0 amide bonds. The van der Waals surface area contributed by atoms with Crippen LogP contribution in [-0.4, -0.2) is 11.3 Å². The van der Waals surface area contributed by atoms with E-state index in [-0.39, 0.29) is 5.60 Å². The van der Waals surface area contributed by atoms with Gasteiger partial charge in [-0.3, -0.25) is 0 Å². The number of fused-ring (bicyclic) bond motifs is 2. The van der Waals surface area contributed by atoms with E-state index in [1.54, 1.807) is 6.07 Å². The molecule has 0 radical (unpaired) electrons. The third-order valence-electron chi connectivity index (χ3n) is 6.08. The number of benzene rings is 3. The molecule has 0 saturated carbocycles. The zero-order valence-corrected chi connectivity index (χ0v) is 16.4. The molecule has 1 spiro atoms. The Bertz CT molecular complexity index is 1260. The Morgan fingerprint density at radius 2 is 1.80 bits per heavy atom. The lowest BCUT2D eigenvalue weighted by Crippen LogP contribution is -2.46. The lowest BCUT2D eigenvalue weighted by Gasteiger charge is -2.42. The van der Waals surface area contributed by atoms with E-state index in [4.69, 9.17) is 11.3 Å². The van der Waals surface area contributed by atoms with Crippen molar-refractivity contribution in [1.82, 2.24) is 0 Å². The maximum absolute atomic E-state index is 9.33. The summed E-state index contributed by atoms with van der Waals surface area (Å²) in [6, 6.07) is 22.1. The fourth-order valence-electron chi connectivity index (χ4n) is 4.62. The van der Waals surface area contributed by atoms with Crippen LogP contribution in [0.15, 0.2) is 71.7 Å². The highest BCUT2D eigenvalue weighted by Crippen LogP contribution is 2.42. The minimum Gasteiger partial charge on any atom is -0.486 e. The normalized spacial score (nSPS) is 20.5. The largest absolute Gasteiger partial charge is 0.486 e. The molecule has 1 aliphatic heterocycles. The summed E-state index contributed by atoms with van der Waals surface area (Å²) in [6.07, 6.45) is 5.30. The van der Waals surface area contributed by atoms with Gasteiger partial charge < -0.3 is 4.74 Å². The molecule has 144 valence electrons. The zero-order chi connectivity index (χ0) is 20.6. The fourth-order valence-corrected chi connectivity index (χ4v) is 4.62. The van der Waals surface area contributed by atoms with Gasteiger partial charge >= 0.3 is 0 Å². The minimum atomic E-state index is -0.359. The number of rotatable bonds is 1. The van der Waals surface area contributed by atoms with Crippen molar-refractivity contribution in [2.75, 3.05) is 0 Å². The van der Waals surface area contributed by atoms with Crippen LogP contribution in [0.5, 0.6) is 5.75 Å². The van der Waals surface area contributed by atoms with Crippen molar-refractivity contribution < 1.29 is 4.74 Å². The molecule has 5 rings (SSSR count). The number of aryl methyl sites for hydroxylation is 1. The summed E-state index contributed by atoms with van der Waals surface area (Å²) >= 11 is 0. The monoisotopic (exact) mass is 389 g/mol. The molecule has 4 nitrogen and oxygen atoms in total. The summed E-state index contributed by atoms with van der Waals surface area (Å²) in [5.41, 5.74) is 6.54. The second kappa shape index (κ2) is 7.17. The number of hydrogen-bond donors (Lipinski definition) is 0.